The Morgan fingerprint density at radius 2 is 2.10 bits per heavy atom. The third-order valence-corrected chi connectivity index (χ3v) is 3.60. The monoisotopic (exact) mass is 270 g/mol. The normalized spacial score (nSPS) is 13.5. The highest BCUT2D eigenvalue weighted by Gasteiger charge is 2.20. The Morgan fingerprint density at radius 1 is 1.25 bits per heavy atom. The lowest BCUT2D eigenvalue weighted by molar-refractivity contribution is 0.103. The summed E-state index contributed by atoms with van der Waals surface area (Å²) in [5.74, 6) is 0.269. The van der Waals surface area contributed by atoms with Gasteiger partial charge in [-0.25, -0.2) is 4.39 Å². The number of halogens is 1. The van der Waals surface area contributed by atoms with Crippen molar-refractivity contribution in [2.24, 2.45) is 0 Å². The van der Waals surface area contributed by atoms with Gasteiger partial charge < -0.3 is 4.74 Å². The Kier molecular flexibility index (Phi) is 3.26. The smallest absolute Gasteiger partial charge is 0.196 e. The van der Waals surface area contributed by atoms with Crippen LogP contribution < -0.4 is 4.74 Å². The first kappa shape index (κ1) is 12.9. The van der Waals surface area contributed by atoms with Crippen molar-refractivity contribution in [2.75, 3.05) is 6.61 Å². The van der Waals surface area contributed by atoms with Crippen molar-refractivity contribution in [2.45, 2.75) is 19.8 Å². The zero-order valence-corrected chi connectivity index (χ0v) is 11.3. The quantitative estimate of drug-likeness (QED) is 0.778. The Labute approximate surface area is 117 Å². The molecule has 0 unspecified atom stereocenters. The van der Waals surface area contributed by atoms with Crippen molar-refractivity contribution in [3.8, 4) is 5.75 Å². The van der Waals surface area contributed by atoms with Gasteiger partial charge in [-0.3, -0.25) is 4.79 Å². The molecule has 0 saturated heterocycles. The van der Waals surface area contributed by atoms with Gasteiger partial charge in [0.2, 0.25) is 0 Å². The molecule has 1 aliphatic heterocycles. The van der Waals surface area contributed by atoms with Crippen molar-refractivity contribution in [3.05, 3.63) is 64.5 Å². The van der Waals surface area contributed by atoms with Crippen LogP contribution in [0.15, 0.2) is 36.4 Å². The Bertz CT molecular complexity index is 677. The first-order chi connectivity index (χ1) is 9.66. The lowest BCUT2D eigenvalue weighted by Gasteiger charge is -2.19. The standard InChI is InChI=1S/C17H15FO2/c1-11-10-13(7-8-15(11)18)16(19)14-6-2-4-12-5-3-9-20-17(12)14/h2,4,6-8,10H,3,5,9H2,1H3. The molecule has 2 nitrogen and oxygen atoms in total. The minimum absolute atomic E-state index is 0.119. The van der Waals surface area contributed by atoms with Crippen molar-refractivity contribution < 1.29 is 13.9 Å². The van der Waals surface area contributed by atoms with Crippen LogP contribution in [0.2, 0.25) is 0 Å². The molecule has 0 bridgehead atoms. The molecular weight excluding hydrogens is 255 g/mol. The van der Waals surface area contributed by atoms with Crippen molar-refractivity contribution in [3.63, 3.8) is 0 Å². The SMILES string of the molecule is Cc1cc(C(=O)c2cccc3c2OCCC3)ccc1F. The lowest BCUT2D eigenvalue weighted by Crippen LogP contribution is -2.13. The number of carbonyl (C=O) groups is 1. The fraction of sp³-hybridized carbons (Fsp3) is 0.235. The second-order valence-electron chi connectivity index (χ2n) is 5.04. The van der Waals surface area contributed by atoms with Crippen LogP contribution in [-0.4, -0.2) is 12.4 Å². The summed E-state index contributed by atoms with van der Waals surface area (Å²) in [6, 6.07) is 10.1. The molecule has 0 spiro atoms. The Hall–Kier alpha value is -2.16. The van der Waals surface area contributed by atoms with E-state index in [2.05, 4.69) is 0 Å². The van der Waals surface area contributed by atoms with E-state index in [-0.39, 0.29) is 11.6 Å². The number of hydrogen-bond acceptors (Lipinski definition) is 2. The fourth-order valence-electron chi connectivity index (χ4n) is 2.51. The highest BCUT2D eigenvalue weighted by atomic mass is 19.1. The Morgan fingerprint density at radius 3 is 2.90 bits per heavy atom. The van der Waals surface area contributed by atoms with Crippen LogP contribution in [0.4, 0.5) is 4.39 Å². The molecule has 1 aliphatic rings. The van der Waals surface area contributed by atoms with Crippen LogP contribution in [0.5, 0.6) is 5.75 Å². The van der Waals surface area contributed by atoms with Gasteiger partial charge in [0.25, 0.3) is 0 Å². The second kappa shape index (κ2) is 5.08. The molecule has 20 heavy (non-hydrogen) atoms. The molecule has 3 rings (SSSR count). The summed E-state index contributed by atoms with van der Waals surface area (Å²) < 4.78 is 19.0. The summed E-state index contributed by atoms with van der Waals surface area (Å²) in [6.45, 7) is 2.29. The van der Waals surface area contributed by atoms with Gasteiger partial charge in [0.1, 0.15) is 11.6 Å². The van der Waals surface area contributed by atoms with Crippen LogP contribution in [0.1, 0.15) is 33.5 Å². The first-order valence-corrected chi connectivity index (χ1v) is 6.72. The van der Waals surface area contributed by atoms with Gasteiger partial charge in [-0.05, 0) is 55.2 Å². The third-order valence-electron chi connectivity index (χ3n) is 3.60. The zero-order chi connectivity index (χ0) is 14.1. The summed E-state index contributed by atoms with van der Waals surface area (Å²) in [7, 11) is 0. The number of para-hydroxylation sites is 1. The average Bonchev–Trinajstić information content (AvgIpc) is 2.49. The molecule has 102 valence electrons. The number of aryl methyl sites for hydroxylation is 2. The summed E-state index contributed by atoms with van der Waals surface area (Å²) in [4.78, 5) is 12.6. The maximum absolute atomic E-state index is 13.3. The highest BCUT2D eigenvalue weighted by molar-refractivity contribution is 6.11. The molecule has 3 heteroatoms. The molecule has 0 aliphatic carbocycles. The molecule has 1 heterocycles. The first-order valence-electron chi connectivity index (χ1n) is 6.72. The molecule has 2 aromatic rings. The molecule has 2 aromatic carbocycles. The van der Waals surface area contributed by atoms with Crippen LogP contribution in [0.3, 0.4) is 0 Å². The molecule has 0 amide bonds. The average molecular weight is 270 g/mol. The van der Waals surface area contributed by atoms with Crippen molar-refractivity contribution >= 4 is 5.78 Å². The van der Waals surface area contributed by atoms with Gasteiger partial charge in [0.05, 0.1) is 12.2 Å². The predicted octanol–water partition coefficient (Wildman–Crippen LogP) is 3.69. The third kappa shape index (κ3) is 2.20. The largest absolute Gasteiger partial charge is 0.493 e. The number of fused-ring (bicyclic) bond motifs is 1. The van der Waals surface area contributed by atoms with E-state index in [4.69, 9.17) is 4.74 Å². The van der Waals surface area contributed by atoms with E-state index in [0.717, 1.165) is 18.4 Å². The van der Waals surface area contributed by atoms with E-state index in [1.165, 1.54) is 12.1 Å². The van der Waals surface area contributed by atoms with Gasteiger partial charge in [-0.15, -0.1) is 0 Å². The van der Waals surface area contributed by atoms with E-state index in [0.29, 0.717) is 29.0 Å². The second-order valence-corrected chi connectivity index (χ2v) is 5.04. The molecule has 0 N–H and O–H groups in total. The molecule has 0 aromatic heterocycles. The Balaban J connectivity index is 2.04. The van der Waals surface area contributed by atoms with Gasteiger partial charge in [0.15, 0.2) is 5.78 Å². The van der Waals surface area contributed by atoms with Crippen molar-refractivity contribution in [1.29, 1.82) is 0 Å². The van der Waals surface area contributed by atoms with Gasteiger partial charge in [-0.2, -0.15) is 0 Å². The van der Waals surface area contributed by atoms with Gasteiger partial charge in [-0.1, -0.05) is 12.1 Å². The maximum atomic E-state index is 13.3. The van der Waals surface area contributed by atoms with E-state index >= 15 is 0 Å². The summed E-state index contributed by atoms with van der Waals surface area (Å²) in [6.07, 6.45) is 1.90. The summed E-state index contributed by atoms with van der Waals surface area (Å²) in [5.41, 5.74) is 2.60. The number of ether oxygens (including phenoxy) is 1. The number of ketones is 1. The molecule has 0 fully saturated rings. The number of carbonyl (C=O) groups excluding carboxylic acids is 1. The van der Waals surface area contributed by atoms with Crippen molar-refractivity contribution in [1.82, 2.24) is 0 Å². The van der Waals surface area contributed by atoms with Crippen LogP contribution in [0.25, 0.3) is 0 Å². The highest BCUT2D eigenvalue weighted by Crippen LogP contribution is 2.30. The molecular formula is C17H15FO2. The lowest BCUT2D eigenvalue weighted by atomic mass is 9.96. The molecule has 0 atom stereocenters. The van der Waals surface area contributed by atoms with E-state index in [1.807, 2.05) is 12.1 Å². The molecule has 0 saturated carbocycles. The maximum Gasteiger partial charge on any atom is 0.196 e. The fourth-order valence-corrected chi connectivity index (χ4v) is 2.51. The topological polar surface area (TPSA) is 26.3 Å². The van der Waals surface area contributed by atoms with Crippen LogP contribution in [-0.2, 0) is 6.42 Å². The van der Waals surface area contributed by atoms with Gasteiger partial charge in [0, 0.05) is 5.56 Å². The van der Waals surface area contributed by atoms with E-state index in [9.17, 15) is 9.18 Å². The van der Waals surface area contributed by atoms with Gasteiger partial charge >= 0.3 is 0 Å². The van der Waals surface area contributed by atoms with E-state index in [1.54, 1.807) is 19.1 Å². The minimum Gasteiger partial charge on any atom is -0.493 e. The van der Waals surface area contributed by atoms with Crippen LogP contribution in [0, 0.1) is 12.7 Å². The minimum atomic E-state index is -0.298. The number of benzene rings is 2. The summed E-state index contributed by atoms with van der Waals surface area (Å²) >= 11 is 0. The predicted molar refractivity (Wildman–Crippen MR) is 74.8 cm³/mol. The van der Waals surface area contributed by atoms with Crippen LogP contribution >= 0.6 is 0 Å². The number of hydrogen-bond donors (Lipinski definition) is 0. The molecule has 0 radical (unpaired) electrons. The summed E-state index contributed by atoms with van der Waals surface area (Å²) in [5, 5.41) is 0. The number of rotatable bonds is 2. The zero-order valence-electron chi connectivity index (χ0n) is 11.3. The van der Waals surface area contributed by atoms with E-state index < -0.39 is 0 Å².